The van der Waals surface area contributed by atoms with Crippen LogP contribution in [0.1, 0.15) is 20.8 Å². The van der Waals surface area contributed by atoms with Gasteiger partial charge in [-0.3, -0.25) is 0 Å². The summed E-state index contributed by atoms with van der Waals surface area (Å²) in [6, 6.07) is 0. The van der Waals surface area contributed by atoms with Gasteiger partial charge in [0.2, 0.25) is 0 Å². The summed E-state index contributed by atoms with van der Waals surface area (Å²) in [5, 5.41) is 4.60. The molecule has 1 rings (SSSR count). The van der Waals surface area contributed by atoms with Gasteiger partial charge < -0.3 is 4.52 Å². The standard InChI is InChI=1S/C8H9NO.C2H6/c1-3-5-7-6-9-10-8(7)4-2;1-2/h3-6H,1H2,2H3;1-2H3/b7-5-,8-4+;. The van der Waals surface area contributed by atoms with Crippen LogP contribution in [0.5, 0.6) is 0 Å². The Kier molecular flexibility index (Phi) is 5.70. The van der Waals surface area contributed by atoms with Crippen molar-refractivity contribution in [1.29, 1.82) is 0 Å². The van der Waals surface area contributed by atoms with Gasteiger partial charge >= 0.3 is 0 Å². The van der Waals surface area contributed by atoms with Crippen LogP contribution in [0.3, 0.4) is 0 Å². The van der Waals surface area contributed by atoms with E-state index in [2.05, 4.69) is 11.7 Å². The third-order valence-electron chi connectivity index (χ3n) is 1.19. The van der Waals surface area contributed by atoms with E-state index in [4.69, 9.17) is 4.52 Å². The highest BCUT2D eigenvalue weighted by molar-refractivity contribution is 5.34. The highest BCUT2D eigenvalue weighted by Crippen LogP contribution is 1.66. The zero-order valence-corrected chi connectivity index (χ0v) is 7.87. The monoisotopic (exact) mass is 165 g/mol. The quantitative estimate of drug-likeness (QED) is 0.629. The van der Waals surface area contributed by atoms with Gasteiger partial charge in [-0.15, -0.1) is 0 Å². The van der Waals surface area contributed by atoms with Crippen molar-refractivity contribution in [3.05, 3.63) is 29.5 Å². The Morgan fingerprint density at radius 3 is 2.67 bits per heavy atom. The molecule has 0 spiro atoms. The second kappa shape index (κ2) is 6.40. The number of allylic oxidation sites excluding steroid dienone is 1. The first-order valence-electron chi connectivity index (χ1n) is 4.08. The topological polar surface area (TPSA) is 26.0 Å². The van der Waals surface area contributed by atoms with Gasteiger partial charge in [0.1, 0.15) is 0 Å². The summed E-state index contributed by atoms with van der Waals surface area (Å²) >= 11 is 0. The van der Waals surface area contributed by atoms with Crippen molar-refractivity contribution in [2.45, 2.75) is 20.8 Å². The van der Waals surface area contributed by atoms with Crippen LogP contribution in [0.4, 0.5) is 0 Å². The van der Waals surface area contributed by atoms with Crippen molar-refractivity contribution in [3.8, 4) is 0 Å². The number of hydrogen-bond acceptors (Lipinski definition) is 2. The van der Waals surface area contributed by atoms with E-state index in [0.717, 1.165) is 10.6 Å². The first-order chi connectivity index (χ1) is 5.88. The molecule has 0 N–H and O–H groups in total. The van der Waals surface area contributed by atoms with Gasteiger partial charge in [0.05, 0.1) is 6.20 Å². The van der Waals surface area contributed by atoms with Gasteiger partial charge in [-0.1, -0.05) is 37.7 Å². The maximum atomic E-state index is 4.88. The van der Waals surface area contributed by atoms with Crippen LogP contribution < -0.4 is 10.6 Å². The summed E-state index contributed by atoms with van der Waals surface area (Å²) in [6.07, 6.45) is 7.09. The van der Waals surface area contributed by atoms with E-state index < -0.39 is 0 Å². The van der Waals surface area contributed by atoms with Gasteiger partial charge in [0.15, 0.2) is 5.42 Å². The fourth-order valence-corrected chi connectivity index (χ4v) is 0.728. The smallest absolute Gasteiger partial charge is 0.162 e. The molecule has 1 heterocycles. The lowest BCUT2D eigenvalue weighted by Crippen LogP contribution is -2.17. The predicted molar refractivity (Wildman–Crippen MR) is 51.9 cm³/mol. The van der Waals surface area contributed by atoms with Crippen LogP contribution in [-0.2, 0) is 0 Å². The largest absolute Gasteiger partial charge is 0.357 e. The molecule has 0 radical (unpaired) electrons. The molecule has 0 aliphatic heterocycles. The first kappa shape index (κ1) is 10.7. The molecule has 0 aromatic carbocycles. The minimum absolute atomic E-state index is 0.792. The normalized spacial score (nSPS) is 12.2. The summed E-state index contributed by atoms with van der Waals surface area (Å²) in [7, 11) is 0. The Morgan fingerprint density at radius 2 is 2.17 bits per heavy atom. The molecule has 0 bridgehead atoms. The van der Waals surface area contributed by atoms with Gasteiger partial charge in [-0.25, -0.2) is 0 Å². The molecule has 0 aliphatic carbocycles. The Bertz CT molecular complexity index is 322. The molecular formula is C10H15NO. The van der Waals surface area contributed by atoms with E-state index in [-0.39, 0.29) is 0 Å². The zero-order valence-electron chi connectivity index (χ0n) is 7.87. The van der Waals surface area contributed by atoms with Crippen LogP contribution in [0, 0.1) is 0 Å². The van der Waals surface area contributed by atoms with E-state index in [0.29, 0.717) is 0 Å². The lowest BCUT2D eigenvalue weighted by molar-refractivity contribution is 0.393. The number of hydrogen-bond donors (Lipinski definition) is 0. The Balaban J connectivity index is 0.000000561. The summed E-state index contributed by atoms with van der Waals surface area (Å²) in [5.41, 5.74) is 0.792. The van der Waals surface area contributed by atoms with Gasteiger partial charge in [0, 0.05) is 5.22 Å². The molecule has 1 aromatic rings. The summed E-state index contributed by atoms with van der Waals surface area (Å²) in [6.45, 7) is 9.48. The van der Waals surface area contributed by atoms with E-state index in [1.165, 1.54) is 0 Å². The molecule has 0 amide bonds. The Hall–Kier alpha value is -1.31. The lowest BCUT2D eigenvalue weighted by Gasteiger charge is -1.69. The van der Waals surface area contributed by atoms with Crippen molar-refractivity contribution < 1.29 is 4.52 Å². The second-order valence-corrected chi connectivity index (χ2v) is 1.84. The SMILES string of the molecule is C=C/C=c1/cno/c1=C/C.CC. The second-order valence-electron chi connectivity index (χ2n) is 1.84. The first-order valence-corrected chi connectivity index (χ1v) is 4.08. The number of rotatable bonds is 1. The number of nitrogens with zero attached hydrogens (tertiary/aromatic N) is 1. The highest BCUT2D eigenvalue weighted by Gasteiger charge is 1.84. The van der Waals surface area contributed by atoms with Crippen molar-refractivity contribution in [1.82, 2.24) is 5.16 Å². The molecule has 66 valence electrons. The maximum absolute atomic E-state index is 4.88. The van der Waals surface area contributed by atoms with Gasteiger partial charge in [-0.05, 0) is 13.0 Å². The number of aromatic nitrogens is 1. The molecule has 1 aromatic heterocycles. The zero-order chi connectivity index (χ0) is 9.40. The summed E-state index contributed by atoms with van der Waals surface area (Å²) < 4.78 is 4.88. The highest BCUT2D eigenvalue weighted by atomic mass is 16.5. The molecule has 12 heavy (non-hydrogen) atoms. The average molecular weight is 165 g/mol. The maximum Gasteiger partial charge on any atom is 0.162 e. The molecule has 2 heteroatoms. The Morgan fingerprint density at radius 1 is 1.50 bits per heavy atom. The average Bonchev–Trinajstić information content (AvgIpc) is 2.56. The fourth-order valence-electron chi connectivity index (χ4n) is 0.728. The van der Waals surface area contributed by atoms with E-state index >= 15 is 0 Å². The fraction of sp³-hybridized carbons (Fsp3) is 0.300. The van der Waals surface area contributed by atoms with E-state index in [1.54, 1.807) is 12.3 Å². The minimum Gasteiger partial charge on any atom is -0.357 e. The molecule has 2 nitrogen and oxygen atoms in total. The van der Waals surface area contributed by atoms with Crippen LogP contribution >= 0.6 is 0 Å². The van der Waals surface area contributed by atoms with E-state index in [1.807, 2.05) is 32.9 Å². The molecule has 0 fully saturated rings. The van der Waals surface area contributed by atoms with Crippen LogP contribution in [0.2, 0.25) is 0 Å². The Labute approximate surface area is 72.9 Å². The van der Waals surface area contributed by atoms with E-state index in [9.17, 15) is 0 Å². The van der Waals surface area contributed by atoms with Gasteiger partial charge in [0.25, 0.3) is 0 Å². The van der Waals surface area contributed by atoms with Gasteiger partial charge in [-0.2, -0.15) is 0 Å². The molecule has 0 aliphatic rings. The molecule has 0 atom stereocenters. The van der Waals surface area contributed by atoms with Crippen LogP contribution in [0.25, 0.3) is 12.2 Å². The lowest BCUT2D eigenvalue weighted by atomic mass is 10.4. The molecule has 0 unspecified atom stereocenters. The molecule has 0 saturated carbocycles. The van der Waals surface area contributed by atoms with Crippen molar-refractivity contribution in [2.75, 3.05) is 0 Å². The summed E-state index contributed by atoms with van der Waals surface area (Å²) in [5.74, 6) is 0. The molecule has 0 saturated heterocycles. The van der Waals surface area contributed by atoms with Crippen molar-refractivity contribution in [2.24, 2.45) is 0 Å². The third-order valence-corrected chi connectivity index (χ3v) is 1.19. The third kappa shape index (κ3) is 2.74. The van der Waals surface area contributed by atoms with Crippen LogP contribution in [-0.4, -0.2) is 5.16 Å². The minimum atomic E-state index is 0.792. The van der Waals surface area contributed by atoms with Crippen LogP contribution in [0.15, 0.2) is 23.4 Å². The van der Waals surface area contributed by atoms with Crippen molar-refractivity contribution in [3.63, 3.8) is 0 Å². The summed E-state index contributed by atoms with van der Waals surface area (Å²) in [4.78, 5) is 0. The predicted octanol–water partition coefficient (Wildman–Crippen LogP) is 1.47. The molecular weight excluding hydrogens is 150 g/mol. The van der Waals surface area contributed by atoms with Crippen molar-refractivity contribution >= 4 is 12.2 Å².